The van der Waals surface area contributed by atoms with Crippen molar-refractivity contribution in [2.24, 2.45) is 0 Å². The Morgan fingerprint density at radius 2 is 1.71 bits per heavy atom. The lowest BCUT2D eigenvalue weighted by molar-refractivity contribution is 0.417. The lowest BCUT2D eigenvalue weighted by Crippen LogP contribution is -1.96. The van der Waals surface area contributed by atoms with Gasteiger partial charge in [0.25, 0.3) is 0 Å². The highest BCUT2D eigenvalue weighted by Crippen LogP contribution is 2.33. The average Bonchev–Trinajstić information content (AvgIpc) is 2.48. The summed E-state index contributed by atoms with van der Waals surface area (Å²) in [5, 5.41) is 5.56. The third-order valence-electron chi connectivity index (χ3n) is 3.13. The van der Waals surface area contributed by atoms with Crippen LogP contribution in [0, 0.1) is 0 Å². The first-order valence-electron chi connectivity index (χ1n) is 6.32. The van der Waals surface area contributed by atoms with Crippen LogP contribution in [0.3, 0.4) is 0 Å². The van der Waals surface area contributed by atoms with Crippen LogP contribution in [0.4, 0.5) is 11.4 Å². The number of fused-ring (bicyclic) bond motifs is 1. The summed E-state index contributed by atoms with van der Waals surface area (Å²) in [6.07, 6.45) is 1.75. The molecule has 3 rings (SSSR count). The molecular formula is C16H12Cl2N2O. The SMILES string of the molecule is COc1ccc(Cl)cc1Nc1ccnc2ccc(Cl)cc12. The molecule has 0 bridgehead atoms. The van der Waals surface area contributed by atoms with Gasteiger partial charge in [-0.3, -0.25) is 4.98 Å². The number of rotatable bonds is 3. The van der Waals surface area contributed by atoms with E-state index >= 15 is 0 Å². The fourth-order valence-corrected chi connectivity index (χ4v) is 2.49. The topological polar surface area (TPSA) is 34.1 Å². The predicted octanol–water partition coefficient (Wildman–Crippen LogP) is 5.29. The van der Waals surface area contributed by atoms with Gasteiger partial charge in [0.15, 0.2) is 0 Å². The van der Waals surface area contributed by atoms with Gasteiger partial charge < -0.3 is 10.1 Å². The van der Waals surface area contributed by atoms with Crippen LogP contribution >= 0.6 is 23.2 Å². The highest BCUT2D eigenvalue weighted by Gasteiger charge is 2.07. The molecule has 0 aliphatic heterocycles. The van der Waals surface area contributed by atoms with Gasteiger partial charge in [0, 0.05) is 27.3 Å². The largest absolute Gasteiger partial charge is 0.495 e. The summed E-state index contributed by atoms with van der Waals surface area (Å²) in [5.41, 5.74) is 2.55. The third-order valence-corrected chi connectivity index (χ3v) is 3.60. The van der Waals surface area contributed by atoms with E-state index < -0.39 is 0 Å². The van der Waals surface area contributed by atoms with Crippen LogP contribution in [0.1, 0.15) is 0 Å². The van der Waals surface area contributed by atoms with Gasteiger partial charge in [0.1, 0.15) is 5.75 Å². The van der Waals surface area contributed by atoms with E-state index in [1.807, 2.05) is 36.4 Å². The van der Waals surface area contributed by atoms with Gasteiger partial charge in [0.2, 0.25) is 0 Å². The molecule has 0 fully saturated rings. The lowest BCUT2D eigenvalue weighted by atomic mass is 10.1. The maximum atomic E-state index is 6.08. The Hall–Kier alpha value is -1.97. The summed E-state index contributed by atoms with van der Waals surface area (Å²) in [7, 11) is 1.62. The summed E-state index contributed by atoms with van der Waals surface area (Å²) in [5.74, 6) is 0.714. The van der Waals surface area contributed by atoms with E-state index in [1.54, 1.807) is 19.4 Å². The van der Waals surface area contributed by atoms with Crippen LogP contribution in [-0.2, 0) is 0 Å². The first-order chi connectivity index (χ1) is 10.2. The summed E-state index contributed by atoms with van der Waals surface area (Å²) >= 11 is 12.1. The molecule has 3 nitrogen and oxygen atoms in total. The van der Waals surface area contributed by atoms with Crippen LogP contribution < -0.4 is 10.1 Å². The number of anilines is 2. The second-order valence-electron chi connectivity index (χ2n) is 4.49. The van der Waals surface area contributed by atoms with E-state index in [0.717, 1.165) is 22.3 Å². The van der Waals surface area contributed by atoms with E-state index in [0.29, 0.717) is 15.8 Å². The monoisotopic (exact) mass is 318 g/mol. The van der Waals surface area contributed by atoms with E-state index in [-0.39, 0.29) is 0 Å². The Bertz CT molecular complexity index is 805. The molecule has 0 saturated carbocycles. The third kappa shape index (κ3) is 2.89. The molecule has 0 amide bonds. The number of aromatic nitrogens is 1. The van der Waals surface area contributed by atoms with E-state index in [9.17, 15) is 0 Å². The molecule has 0 spiro atoms. The minimum Gasteiger partial charge on any atom is -0.495 e. The second-order valence-corrected chi connectivity index (χ2v) is 5.36. The van der Waals surface area contributed by atoms with Crippen molar-refractivity contribution < 1.29 is 4.74 Å². The van der Waals surface area contributed by atoms with Crippen molar-refractivity contribution in [1.29, 1.82) is 0 Å². The molecule has 106 valence electrons. The molecule has 1 aromatic heterocycles. The summed E-state index contributed by atoms with van der Waals surface area (Å²) in [6.45, 7) is 0. The molecule has 2 aromatic carbocycles. The maximum absolute atomic E-state index is 6.08. The molecule has 0 aliphatic carbocycles. The number of hydrogen-bond donors (Lipinski definition) is 1. The van der Waals surface area contributed by atoms with E-state index in [4.69, 9.17) is 27.9 Å². The fraction of sp³-hybridized carbons (Fsp3) is 0.0625. The molecule has 5 heteroatoms. The van der Waals surface area contributed by atoms with Gasteiger partial charge in [-0.15, -0.1) is 0 Å². The van der Waals surface area contributed by atoms with Gasteiger partial charge in [-0.05, 0) is 42.5 Å². The molecule has 0 unspecified atom stereocenters. The average molecular weight is 319 g/mol. The zero-order chi connectivity index (χ0) is 14.8. The normalized spacial score (nSPS) is 10.6. The zero-order valence-corrected chi connectivity index (χ0v) is 12.7. The van der Waals surface area contributed by atoms with Crippen molar-refractivity contribution in [3.63, 3.8) is 0 Å². The molecule has 0 aliphatic rings. The zero-order valence-electron chi connectivity index (χ0n) is 11.2. The van der Waals surface area contributed by atoms with Crippen LogP contribution in [0.15, 0.2) is 48.7 Å². The standard InChI is InChI=1S/C16H12Cl2N2O/c1-21-16-5-3-11(18)9-15(16)20-14-6-7-19-13-4-2-10(17)8-12(13)14/h2-9H,1H3,(H,19,20). The summed E-state index contributed by atoms with van der Waals surface area (Å²) < 4.78 is 5.35. The molecule has 0 saturated heterocycles. The van der Waals surface area contributed by atoms with Crippen LogP contribution in [0.2, 0.25) is 10.0 Å². The maximum Gasteiger partial charge on any atom is 0.142 e. The quantitative estimate of drug-likeness (QED) is 0.712. The van der Waals surface area contributed by atoms with Gasteiger partial charge in [0.05, 0.1) is 18.3 Å². The van der Waals surface area contributed by atoms with Crippen molar-refractivity contribution in [3.8, 4) is 5.75 Å². The number of halogens is 2. The van der Waals surface area contributed by atoms with Crippen molar-refractivity contribution in [1.82, 2.24) is 4.98 Å². The lowest BCUT2D eigenvalue weighted by Gasteiger charge is -2.13. The molecular weight excluding hydrogens is 307 g/mol. The van der Waals surface area contributed by atoms with Crippen molar-refractivity contribution >= 4 is 45.5 Å². The van der Waals surface area contributed by atoms with Gasteiger partial charge in [-0.25, -0.2) is 0 Å². The van der Waals surface area contributed by atoms with Gasteiger partial charge in [-0.1, -0.05) is 23.2 Å². The number of methoxy groups -OCH3 is 1. The predicted molar refractivity (Wildman–Crippen MR) is 88.0 cm³/mol. The second kappa shape index (κ2) is 5.80. The first-order valence-corrected chi connectivity index (χ1v) is 7.08. The van der Waals surface area contributed by atoms with E-state index in [2.05, 4.69) is 10.3 Å². The molecule has 1 heterocycles. The first kappa shape index (κ1) is 14.0. The van der Waals surface area contributed by atoms with E-state index in [1.165, 1.54) is 0 Å². The van der Waals surface area contributed by atoms with Gasteiger partial charge in [-0.2, -0.15) is 0 Å². The van der Waals surface area contributed by atoms with Crippen LogP contribution in [0.5, 0.6) is 5.75 Å². The van der Waals surface area contributed by atoms with Crippen LogP contribution in [-0.4, -0.2) is 12.1 Å². The number of hydrogen-bond acceptors (Lipinski definition) is 3. The Morgan fingerprint density at radius 1 is 0.952 bits per heavy atom. The van der Waals surface area contributed by atoms with Crippen molar-refractivity contribution in [2.45, 2.75) is 0 Å². The Morgan fingerprint density at radius 3 is 2.52 bits per heavy atom. The Labute approximate surface area is 132 Å². The number of benzene rings is 2. The highest BCUT2D eigenvalue weighted by molar-refractivity contribution is 6.31. The molecule has 1 N–H and O–H groups in total. The highest BCUT2D eigenvalue weighted by atomic mass is 35.5. The number of nitrogens with zero attached hydrogens (tertiary/aromatic N) is 1. The summed E-state index contributed by atoms with van der Waals surface area (Å²) in [6, 6.07) is 12.9. The molecule has 0 atom stereocenters. The van der Waals surface area contributed by atoms with Crippen LogP contribution in [0.25, 0.3) is 10.9 Å². The summed E-state index contributed by atoms with van der Waals surface area (Å²) in [4.78, 5) is 4.33. The Balaban J connectivity index is 2.10. The fourth-order valence-electron chi connectivity index (χ4n) is 2.15. The number of pyridine rings is 1. The number of ether oxygens (including phenoxy) is 1. The Kier molecular flexibility index (Phi) is 3.86. The minimum atomic E-state index is 0.634. The van der Waals surface area contributed by atoms with Crippen molar-refractivity contribution in [3.05, 3.63) is 58.7 Å². The van der Waals surface area contributed by atoms with Crippen molar-refractivity contribution in [2.75, 3.05) is 12.4 Å². The molecule has 3 aromatic rings. The van der Waals surface area contributed by atoms with Gasteiger partial charge >= 0.3 is 0 Å². The minimum absolute atomic E-state index is 0.634. The smallest absolute Gasteiger partial charge is 0.142 e. The number of nitrogens with one attached hydrogen (secondary N) is 1. The molecule has 21 heavy (non-hydrogen) atoms. The molecule has 0 radical (unpaired) electrons.